The molecule has 1 fully saturated rings. The molecule has 5 heterocycles. The summed E-state index contributed by atoms with van der Waals surface area (Å²) < 4.78 is 40.7. The first-order valence-corrected chi connectivity index (χ1v) is 9.86. The van der Waals surface area contributed by atoms with Crippen molar-refractivity contribution < 1.29 is 13.2 Å². The summed E-state index contributed by atoms with van der Waals surface area (Å²) in [6, 6.07) is 1.82. The molecule has 0 unspecified atom stereocenters. The van der Waals surface area contributed by atoms with Gasteiger partial charge < -0.3 is 4.90 Å². The van der Waals surface area contributed by atoms with Gasteiger partial charge in [0.25, 0.3) is 0 Å². The molecule has 160 valence electrons. The lowest BCUT2D eigenvalue weighted by atomic mass is 9.87. The first-order valence-electron chi connectivity index (χ1n) is 9.86. The number of halogens is 3. The van der Waals surface area contributed by atoms with E-state index in [0.29, 0.717) is 29.0 Å². The van der Waals surface area contributed by atoms with E-state index >= 15 is 0 Å². The third-order valence-corrected chi connectivity index (χ3v) is 5.53. The van der Waals surface area contributed by atoms with Crippen LogP contribution < -0.4 is 4.90 Å². The van der Waals surface area contributed by atoms with Gasteiger partial charge >= 0.3 is 6.18 Å². The highest BCUT2D eigenvalue weighted by Gasteiger charge is 2.33. The minimum Gasteiger partial charge on any atom is -0.356 e. The number of hydrogen-bond acceptors (Lipinski definition) is 6. The van der Waals surface area contributed by atoms with Gasteiger partial charge in [-0.15, -0.1) is 0 Å². The first kappa shape index (κ1) is 19.5. The number of rotatable bonds is 3. The molecule has 2 atom stereocenters. The fraction of sp³-hybridized carbons (Fsp3) is 0.350. The fourth-order valence-electron chi connectivity index (χ4n) is 4.11. The molecule has 1 aliphatic heterocycles. The normalized spacial score (nSPS) is 19.8. The minimum absolute atomic E-state index is 0.295. The Balaban J connectivity index is 1.49. The molecule has 0 saturated carbocycles. The van der Waals surface area contributed by atoms with E-state index in [1.165, 1.54) is 10.6 Å². The third-order valence-electron chi connectivity index (χ3n) is 5.53. The number of aromatic nitrogens is 7. The van der Waals surface area contributed by atoms with E-state index in [-0.39, 0.29) is 0 Å². The number of H-pyrrole nitrogens is 1. The number of nitrogens with one attached hydrogen (secondary N) is 1. The summed E-state index contributed by atoms with van der Waals surface area (Å²) in [7, 11) is 0. The van der Waals surface area contributed by atoms with Crippen molar-refractivity contribution in [2.24, 2.45) is 5.92 Å². The van der Waals surface area contributed by atoms with E-state index in [2.05, 4.69) is 42.0 Å². The molecule has 1 N–H and O–H groups in total. The minimum atomic E-state index is -4.55. The van der Waals surface area contributed by atoms with Crippen molar-refractivity contribution in [1.29, 1.82) is 0 Å². The molecule has 0 bridgehead atoms. The van der Waals surface area contributed by atoms with Crippen LogP contribution in [0.3, 0.4) is 0 Å². The molecule has 0 radical (unpaired) electrons. The Morgan fingerprint density at radius 3 is 2.74 bits per heavy atom. The summed E-state index contributed by atoms with van der Waals surface area (Å²) in [5, 5.41) is 6.92. The lowest BCUT2D eigenvalue weighted by Gasteiger charge is -2.37. The van der Waals surface area contributed by atoms with Crippen molar-refractivity contribution in [3.05, 3.63) is 54.5 Å². The van der Waals surface area contributed by atoms with Gasteiger partial charge in [0.2, 0.25) is 0 Å². The average Bonchev–Trinajstić information content (AvgIpc) is 3.42. The van der Waals surface area contributed by atoms with Crippen LogP contribution in [-0.2, 0) is 6.18 Å². The molecular weight excluding hydrogens is 409 g/mol. The van der Waals surface area contributed by atoms with Crippen LogP contribution in [0.15, 0.2) is 43.2 Å². The molecule has 1 saturated heterocycles. The Kier molecular flexibility index (Phi) is 4.60. The van der Waals surface area contributed by atoms with Crippen LogP contribution in [0.25, 0.3) is 17.2 Å². The van der Waals surface area contributed by atoms with Gasteiger partial charge in [-0.3, -0.25) is 9.50 Å². The largest absolute Gasteiger partial charge is 0.434 e. The lowest BCUT2D eigenvalue weighted by Crippen LogP contribution is -2.39. The Morgan fingerprint density at radius 2 is 1.97 bits per heavy atom. The van der Waals surface area contributed by atoms with Crippen LogP contribution in [0.1, 0.15) is 30.5 Å². The summed E-state index contributed by atoms with van der Waals surface area (Å²) in [5.74, 6) is 1.80. The van der Waals surface area contributed by atoms with Crippen LogP contribution in [0, 0.1) is 5.92 Å². The second-order valence-electron chi connectivity index (χ2n) is 7.85. The van der Waals surface area contributed by atoms with E-state index in [1.54, 1.807) is 6.20 Å². The van der Waals surface area contributed by atoms with Crippen molar-refractivity contribution in [2.45, 2.75) is 25.4 Å². The molecule has 4 aromatic heterocycles. The van der Waals surface area contributed by atoms with Crippen LogP contribution in [0.4, 0.5) is 19.0 Å². The monoisotopic (exact) mass is 428 g/mol. The zero-order valence-electron chi connectivity index (χ0n) is 16.6. The number of aromatic amines is 1. The zero-order chi connectivity index (χ0) is 21.6. The van der Waals surface area contributed by atoms with Gasteiger partial charge in [-0.2, -0.15) is 18.3 Å². The summed E-state index contributed by atoms with van der Waals surface area (Å²) >= 11 is 0. The van der Waals surface area contributed by atoms with Gasteiger partial charge in [0.05, 0.1) is 18.6 Å². The van der Waals surface area contributed by atoms with Gasteiger partial charge in [0, 0.05) is 37.6 Å². The first-order chi connectivity index (χ1) is 14.9. The Bertz CT molecular complexity index is 1200. The smallest absolute Gasteiger partial charge is 0.356 e. The fourth-order valence-corrected chi connectivity index (χ4v) is 4.11. The highest BCUT2D eigenvalue weighted by Crippen LogP contribution is 2.32. The van der Waals surface area contributed by atoms with E-state index in [4.69, 9.17) is 0 Å². The summed E-state index contributed by atoms with van der Waals surface area (Å²) in [5.41, 5.74) is 0.827. The highest BCUT2D eigenvalue weighted by atomic mass is 19.4. The van der Waals surface area contributed by atoms with Crippen LogP contribution in [0.5, 0.6) is 0 Å². The molecule has 8 nitrogen and oxygen atoms in total. The number of imidazole rings is 1. The number of piperidine rings is 1. The molecule has 4 aromatic rings. The Labute approximate surface area is 175 Å². The number of alkyl halides is 3. The topological polar surface area (TPSA) is 87.9 Å². The SMILES string of the molecule is C[C@H]1C[C@H](c2cn[nH]c2)CN(c2ccnc(-c3cnc4cnc(C(F)(F)F)cn34)n2)C1. The molecular formula is C20H19F3N8. The molecule has 11 heteroatoms. The molecule has 0 spiro atoms. The van der Waals surface area contributed by atoms with Crippen molar-refractivity contribution in [1.82, 2.24) is 34.5 Å². The maximum atomic E-state index is 13.1. The Morgan fingerprint density at radius 1 is 1.10 bits per heavy atom. The number of fused-ring (bicyclic) bond motifs is 1. The maximum Gasteiger partial charge on any atom is 0.434 e. The maximum absolute atomic E-state index is 13.1. The molecule has 0 aliphatic carbocycles. The summed E-state index contributed by atoms with van der Waals surface area (Å²) in [6.45, 7) is 3.80. The Hall–Kier alpha value is -3.50. The standard InChI is InChI=1S/C20H19F3N8/c1-12-4-13(14-5-27-28-6-14)10-30(9-12)17-2-3-24-19(29-17)15-7-26-18-8-25-16(11-31(15)18)20(21,22)23/h2-3,5-8,11-13H,4,9-10H2,1H3,(H,27,28)/t12-,13-/m0/s1. The average molecular weight is 428 g/mol. The van der Waals surface area contributed by atoms with Crippen LogP contribution >= 0.6 is 0 Å². The van der Waals surface area contributed by atoms with Crippen molar-refractivity contribution >= 4 is 11.5 Å². The van der Waals surface area contributed by atoms with Gasteiger partial charge in [-0.1, -0.05) is 6.92 Å². The molecule has 0 aromatic carbocycles. The van der Waals surface area contributed by atoms with Gasteiger partial charge in [-0.25, -0.2) is 19.9 Å². The van der Waals surface area contributed by atoms with Crippen LogP contribution in [0.2, 0.25) is 0 Å². The van der Waals surface area contributed by atoms with Crippen molar-refractivity contribution in [3.63, 3.8) is 0 Å². The molecule has 5 rings (SSSR count). The van der Waals surface area contributed by atoms with Gasteiger partial charge in [-0.05, 0) is 24.0 Å². The lowest BCUT2D eigenvalue weighted by molar-refractivity contribution is -0.141. The van der Waals surface area contributed by atoms with E-state index < -0.39 is 11.9 Å². The second-order valence-corrected chi connectivity index (χ2v) is 7.85. The van der Waals surface area contributed by atoms with Gasteiger partial charge in [0.1, 0.15) is 11.5 Å². The predicted molar refractivity (Wildman–Crippen MR) is 106 cm³/mol. The third kappa shape index (κ3) is 3.71. The summed E-state index contributed by atoms with van der Waals surface area (Å²) in [4.78, 5) is 18.7. The zero-order valence-corrected chi connectivity index (χ0v) is 16.6. The van der Waals surface area contributed by atoms with E-state index in [0.717, 1.165) is 43.3 Å². The second kappa shape index (κ2) is 7.33. The van der Waals surface area contributed by atoms with E-state index in [1.807, 2.05) is 18.5 Å². The number of hydrogen-bond donors (Lipinski definition) is 1. The molecule has 31 heavy (non-hydrogen) atoms. The molecule has 0 amide bonds. The number of nitrogens with zero attached hydrogens (tertiary/aromatic N) is 7. The summed E-state index contributed by atoms with van der Waals surface area (Å²) in [6.07, 6.45) is 5.36. The number of anilines is 1. The van der Waals surface area contributed by atoms with Crippen molar-refractivity contribution in [3.8, 4) is 11.5 Å². The van der Waals surface area contributed by atoms with E-state index in [9.17, 15) is 13.2 Å². The quantitative estimate of drug-likeness (QED) is 0.537. The van der Waals surface area contributed by atoms with Crippen LogP contribution in [-0.4, -0.2) is 47.6 Å². The molecule has 1 aliphatic rings. The highest BCUT2D eigenvalue weighted by molar-refractivity contribution is 5.58. The predicted octanol–water partition coefficient (Wildman–Crippen LogP) is 3.56. The van der Waals surface area contributed by atoms with Gasteiger partial charge in [0.15, 0.2) is 17.2 Å². The van der Waals surface area contributed by atoms with Crippen molar-refractivity contribution in [2.75, 3.05) is 18.0 Å².